The number of amides is 1. The summed E-state index contributed by atoms with van der Waals surface area (Å²) in [5.41, 5.74) is 2.78. The van der Waals surface area contributed by atoms with Crippen LogP contribution < -0.4 is 5.32 Å². The Labute approximate surface area is 171 Å². The molecular weight excluding hydrogens is 346 g/mol. The van der Waals surface area contributed by atoms with Gasteiger partial charge in [0.1, 0.15) is 0 Å². The molecule has 4 nitrogen and oxygen atoms in total. The Morgan fingerprint density at radius 3 is 2.57 bits per heavy atom. The van der Waals surface area contributed by atoms with Crippen molar-refractivity contribution in [2.75, 3.05) is 46.3 Å². The molecule has 0 aliphatic carbocycles. The number of carbonyl (C=O) groups excluding carboxylic acids is 1. The van der Waals surface area contributed by atoms with Crippen LogP contribution in [0.25, 0.3) is 5.57 Å². The molecule has 1 amide bonds. The minimum Gasteiger partial charge on any atom is -0.356 e. The van der Waals surface area contributed by atoms with Crippen LogP contribution in [-0.4, -0.2) is 62.0 Å². The third-order valence-corrected chi connectivity index (χ3v) is 6.26. The van der Waals surface area contributed by atoms with Gasteiger partial charge in [0.15, 0.2) is 0 Å². The lowest BCUT2D eigenvalue weighted by atomic mass is 9.94. The Morgan fingerprint density at radius 2 is 1.89 bits per heavy atom. The lowest BCUT2D eigenvalue weighted by molar-refractivity contribution is -0.126. The summed E-state index contributed by atoms with van der Waals surface area (Å²) in [6, 6.07) is 10.8. The summed E-state index contributed by atoms with van der Waals surface area (Å²) in [5.74, 6) is 1.08. The maximum Gasteiger partial charge on any atom is 0.224 e. The minimum absolute atomic E-state index is 0.187. The van der Waals surface area contributed by atoms with E-state index in [1.807, 2.05) is 0 Å². The number of nitrogens with one attached hydrogen (secondary N) is 1. The number of nitrogens with zero attached hydrogens (tertiary/aromatic N) is 2. The fourth-order valence-electron chi connectivity index (χ4n) is 4.53. The van der Waals surface area contributed by atoms with E-state index in [0.29, 0.717) is 5.92 Å². The van der Waals surface area contributed by atoms with Crippen molar-refractivity contribution >= 4 is 11.5 Å². The van der Waals surface area contributed by atoms with E-state index >= 15 is 0 Å². The molecule has 4 heteroatoms. The summed E-state index contributed by atoms with van der Waals surface area (Å²) in [6.07, 6.45) is 7.98. The zero-order valence-corrected chi connectivity index (χ0v) is 17.7. The standard InChI is InChI=1S/C24H37N3O/c1-3-8-22(21-9-5-4-6-10-21)19-27-15-12-20(13-16-27)17-25-24(28)23-11-7-14-26(2)18-23/h4-6,8-10,20,23H,3,7,11-19H2,1-2H3,(H,25,28)/b22-8-. The molecule has 2 fully saturated rings. The second-order valence-electron chi connectivity index (χ2n) is 8.57. The van der Waals surface area contributed by atoms with Gasteiger partial charge in [0.2, 0.25) is 5.91 Å². The Morgan fingerprint density at radius 1 is 1.14 bits per heavy atom. The largest absolute Gasteiger partial charge is 0.356 e. The number of benzene rings is 1. The van der Waals surface area contributed by atoms with Gasteiger partial charge < -0.3 is 10.2 Å². The molecule has 2 aliphatic rings. The van der Waals surface area contributed by atoms with Gasteiger partial charge in [0, 0.05) is 19.6 Å². The van der Waals surface area contributed by atoms with Crippen LogP contribution in [0.3, 0.4) is 0 Å². The fourth-order valence-corrected chi connectivity index (χ4v) is 4.53. The van der Waals surface area contributed by atoms with Gasteiger partial charge in [-0.15, -0.1) is 0 Å². The first-order chi connectivity index (χ1) is 13.7. The molecule has 2 saturated heterocycles. The van der Waals surface area contributed by atoms with Crippen molar-refractivity contribution in [3.05, 3.63) is 42.0 Å². The first kappa shape index (κ1) is 21.1. The lowest BCUT2D eigenvalue weighted by Crippen LogP contribution is -2.44. The zero-order valence-electron chi connectivity index (χ0n) is 17.7. The highest BCUT2D eigenvalue weighted by Gasteiger charge is 2.25. The molecule has 2 heterocycles. The molecule has 0 spiro atoms. The van der Waals surface area contributed by atoms with Crippen LogP contribution >= 0.6 is 0 Å². The van der Waals surface area contributed by atoms with Crippen LogP contribution in [0.15, 0.2) is 36.4 Å². The van der Waals surface area contributed by atoms with Crippen molar-refractivity contribution in [2.45, 2.75) is 39.0 Å². The van der Waals surface area contributed by atoms with Crippen molar-refractivity contribution in [2.24, 2.45) is 11.8 Å². The summed E-state index contributed by atoms with van der Waals surface area (Å²) in [5, 5.41) is 3.25. The SMILES string of the molecule is CC/C=C(/CN1CCC(CNC(=O)C2CCCN(C)C2)CC1)c1ccccc1. The van der Waals surface area contributed by atoms with Crippen LogP contribution in [0.4, 0.5) is 0 Å². The fraction of sp³-hybridized carbons (Fsp3) is 0.625. The van der Waals surface area contributed by atoms with E-state index in [0.717, 1.165) is 58.5 Å². The Bertz CT molecular complexity index is 635. The molecule has 154 valence electrons. The highest BCUT2D eigenvalue weighted by atomic mass is 16.1. The molecule has 1 N–H and O–H groups in total. The minimum atomic E-state index is 0.187. The van der Waals surface area contributed by atoms with Gasteiger partial charge in [-0.2, -0.15) is 0 Å². The van der Waals surface area contributed by atoms with Gasteiger partial charge in [-0.25, -0.2) is 0 Å². The molecule has 28 heavy (non-hydrogen) atoms. The number of allylic oxidation sites excluding steroid dienone is 1. The Balaban J connectivity index is 1.41. The molecular formula is C24H37N3O. The lowest BCUT2D eigenvalue weighted by Gasteiger charge is -2.33. The van der Waals surface area contributed by atoms with Crippen LogP contribution in [0.2, 0.25) is 0 Å². The predicted molar refractivity (Wildman–Crippen MR) is 117 cm³/mol. The number of hydrogen-bond acceptors (Lipinski definition) is 3. The average molecular weight is 384 g/mol. The number of piperidine rings is 2. The topological polar surface area (TPSA) is 35.6 Å². The summed E-state index contributed by atoms with van der Waals surface area (Å²) in [6.45, 7) is 8.38. The van der Waals surface area contributed by atoms with E-state index in [4.69, 9.17) is 0 Å². The maximum atomic E-state index is 12.5. The third-order valence-electron chi connectivity index (χ3n) is 6.26. The van der Waals surface area contributed by atoms with E-state index in [1.165, 1.54) is 24.0 Å². The summed E-state index contributed by atoms with van der Waals surface area (Å²) in [4.78, 5) is 17.3. The molecule has 1 aromatic rings. The number of hydrogen-bond donors (Lipinski definition) is 1. The summed E-state index contributed by atoms with van der Waals surface area (Å²) >= 11 is 0. The highest BCUT2D eigenvalue weighted by Crippen LogP contribution is 2.22. The second-order valence-corrected chi connectivity index (χ2v) is 8.57. The van der Waals surface area contributed by atoms with Crippen LogP contribution in [0.5, 0.6) is 0 Å². The predicted octanol–water partition coefficient (Wildman–Crippen LogP) is 3.65. The van der Waals surface area contributed by atoms with Gasteiger partial charge in [-0.3, -0.25) is 9.69 Å². The number of rotatable bonds is 7. The van der Waals surface area contributed by atoms with Crippen molar-refractivity contribution in [3.63, 3.8) is 0 Å². The molecule has 0 radical (unpaired) electrons. The van der Waals surface area contributed by atoms with Crippen molar-refractivity contribution < 1.29 is 4.79 Å². The molecule has 0 aromatic heterocycles. The summed E-state index contributed by atoms with van der Waals surface area (Å²) < 4.78 is 0. The Hall–Kier alpha value is -1.65. The third kappa shape index (κ3) is 6.18. The van der Waals surface area contributed by atoms with Crippen molar-refractivity contribution in [1.29, 1.82) is 0 Å². The zero-order chi connectivity index (χ0) is 19.8. The van der Waals surface area contributed by atoms with Gasteiger partial charge in [0.05, 0.1) is 5.92 Å². The van der Waals surface area contributed by atoms with Crippen LogP contribution in [-0.2, 0) is 4.79 Å². The van der Waals surface area contributed by atoms with Gasteiger partial charge in [-0.1, -0.05) is 43.3 Å². The molecule has 1 unspecified atom stereocenters. The molecule has 0 bridgehead atoms. The molecule has 2 aliphatic heterocycles. The van der Waals surface area contributed by atoms with Gasteiger partial charge in [-0.05, 0) is 75.8 Å². The molecule has 1 aromatic carbocycles. The smallest absolute Gasteiger partial charge is 0.224 e. The van der Waals surface area contributed by atoms with E-state index in [9.17, 15) is 4.79 Å². The normalized spacial score (nSPS) is 22.9. The molecule has 1 atom stereocenters. The quantitative estimate of drug-likeness (QED) is 0.781. The van der Waals surface area contributed by atoms with Crippen molar-refractivity contribution in [1.82, 2.24) is 15.1 Å². The number of carbonyl (C=O) groups is 1. The maximum absolute atomic E-state index is 12.5. The molecule has 3 rings (SSSR count). The number of likely N-dealkylation sites (tertiary alicyclic amines) is 2. The van der Waals surface area contributed by atoms with E-state index in [-0.39, 0.29) is 11.8 Å². The first-order valence-corrected chi connectivity index (χ1v) is 11.1. The van der Waals surface area contributed by atoms with Gasteiger partial charge >= 0.3 is 0 Å². The van der Waals surface area contributed by atoms with Crippen LogP contribution in [0.1, 0.15) is 44.6 Å². The van der Waals surface area contributed by atoms with E-state index < -0.39 is 0 Å². The van der Waals surface area contributed by atoms with Crippen molar-refractivity contribution in [3.8, 4) is 0 Å². The Kier molecular flexibility index (Phi) is 8.11. The van der Waals surface area contributed by atoms with Gasteiger partial charge in [0.25, 0.3) is 0 Å². The van der Waals surface area contributed by atoms with E-state index in [2.05, 4.69) is 65.5 Å². The monoisotopic (exact) mass is 383 g/mol. The first-order valence-electron chi connectivity index (χ1n) is 11.1. The van der Waals surface area contributed by atoms with E-state index in [1.54, 1.807) is 0 Å². The average Bonchev–Trinajstić information content (AvgIpc) is 2.73. The van der Waals surface area contributed by atoms with Crippen LogP contribution in [0, 0.1) is 11.8 Å². The summed E-state index contributed by atoms with van der Waals surface area (Å²) in [7, 11) is 2.12. The highest BCUT2D eigenvalue weighted by molar-refractivity contribution is 5.79. The second kappa shape index (κ2) is 10.8. The molecule has 0 saturated carbocycles.